The van der Waals surface area contributed by atoms with Gasteiger partial charge in [-0.3, -0.25) is 10.1 Å². The first-order valence-corrected chi connectivity index (χ1v) is 5.29. The molecule has 1 saturated heterocycles. The molecule has 2 N–H and O–H groups in total. The van der Waals surface area contributed by atoms with Crippen LogP contribution in [0.3, 0.4) is 0 Å². The third-order valence-corrected chi connectivity index (χ3v) is 2.69. The maximum atomic E-state index is 13.5. The van der Waals surface area contributed by atoms with Crippen LogP contribution >= 0.6 is 0 Å². The normalized spacial score (nSPS) is 23.9. The van der Waals surface area contributed by atoms with Gasteiger partial charge in [-0.15, -0.1) is 0 Å². The van der Waals surface area contributed by atoms with Crippen LogP contribution in [0.5, 0.6) is 0 Å². The molecular formula is C12H15FN2O. The maximum absolute atomic E-state index is 13.5. The molecule has 1 fully saturated rings. The van der Waals surface area contributed by atoms with Gasteiger partial charge in [0.25, 0.3) is 0 Å². The highest BCUT2D eigenvalue weighted by Gasteiger charge is 2.33. The highest BCUT2D eigenvalue weighted by atomic mass is 19.1. The molecule has 2 rings (SSSR count). The quantitative estimate of drug-likeness (QED) is 0.753. The van der Waals surface area contributed by atoms with Crippen molar-refractivity contribution >= 4 is 5.91 Å². The van der Waals surface area contributed by atoms with Gasteiger partial charge < -0.3 is 5.32 Å². The van der Waals surface area contributed by atoms with E-state index < -0.39 is 6.04 Å². The summed E-state index contributed by atoms with van der Waals surface area (Å²) in [6.07, 6.45) is 0. The number of carbonyl (C=O) groups is 1. The zero-order valence-corrected chi connectivity index (χ0v) is 9.38. The Hall–Kier alpha value is -1.42. The van der Waals surface area contributed by atoms with Crippen molar-refractivity contribution in [1.29, 1.82) is 0 Å². The molecule has 0 aliphatic carbocycles. The van der Waals surface area contributed by atoms with Crippen LogP contribution < -0.4 is 10.6 Å². The summed E-state index contributed by atoms with van der Waals surface area (Å²) in [5, 5.41) is 5.93. The Balaban J connectivity index is 2.24. The van der Waals surface area contributed by atoms with Gasteiger partial charge in [-0.25, -0.2) is 4.39 Å². The minimum atomic E-state index is -0.589. The number of hydrogen-bond donors (Lipinski definition) is 2. The van der Waals surface area contributed by atoms with Gasteiger partial charge in [0.1, 0.15) is 11.9 Å². The first kappa shape index (κ1) is 11.1. The van der Waals surface area contributed by atoms with Crippen LogP contribution in [-0.2, 0) is 4.79 Å². The predicted octanol–water partition coefficient (Wildman–Crippen LogP) is 1.36. The van der Waals surface area contributed by atoms with E-state index in [9.17, 15) is 9.18 Å². The van der Waals surface area contributed by atoms with Gasteiger partial charge in [-0.05, 0) is 19.9 Å². The van der Waals surface area contributed by atoms with Crippen LogP contribution in [0.4, 0.5) is 4.39 Å². The molecule has 0 spiro atoms. The van der Waals surface area contributed by atoms with E-state index in [0.29, 0.717) is 12.1 Å². The Morgan fingerprint density at radius 1 is 1.38 bits per heavy atom. The van der Waals surface area contributed by atoms with E-state index in [1.165, 1.54) is 6.07 Å². The molecule has 1 aliphatic rings. The molecule has 1 unspecified atom stereocenters. The molecule has 1 atom stereocenters. The highest BCUT2D eigenvalue weighted by molar-refractivity contribution is 5.84. The second-order valence-corrected chi connectivity index (χ2v) is 4.71. The van der Waals surface area contributed by atoms with Crippen LogP contribution in [0.25, 0.3) is 0 Å². The molecule has 1 aliphatic heterocycles. The molecule has 0 saturated carbocycles. The van der Waals surface area contributed by atoms with Crippen LogP contribution in [-0.4, -0.2) is 18.0 Å². The van der Waals surface area contributed by atoms with Crippen molar-refractivity contribution in [2.75, 3.05) is 6.54 Å². The fourth-order valence-corrected chi connectivity index (χ4v) is 1.86. The first-order chi connectivity index (χ1) is 7.49. The summed E-state index contributed by atoms with van der Waals surface area (Å²) in [5.74, 6) is -0.531. The van der Waals surface area contributed by atoms with E-state index in [0.717, 1.165) is 0 Å². The second kappa shape index (κ2) is 3.87. The van der Waals surface area contributed by atoms with Crippen LogP contribution in [0, 0.1) is 5.82 Å². The lowest BCUT2D eigenvalue weighted by atomic mass is 9.96. The molecule has 0 bridgehead atoms. The number of benzene rings is 1. The summed E-state index contributed by atoms with van der Waals surface area (Å²) in [6.45, 7) is 4.47. The fraction of sp³-hybridized carbons (Fsp3) is 0.417. The summed E-state index contributed by atoms with van der Waals surface area (Å²) < 4.78 is 13.5. The van der Waals surface area contributed by atoms with Gasteiger partial charge >= 0.3 is 0 Å². The van der Waals surface area contributed by atoms with Crippen molar-refractivity contribution in [2.24, 2.45) is 0 Å². The largest absolute Gasteiger partial charge is 0.348 e. The number of nitrogens with one attached hydrogen (secondary N) is 2. The zero-order valence-electron chi connectivity index (χ0n) is 9.38. The standard InChI is InChI=1S/C12H15FN2O/c1-12(2)7-14-10(11(16)15-12)8-5-3-4-6-9(8)13/h3-6,10,14H,7H2,1-2H3,(H,15,16). The van der Waals surface area contributed by atoms with Crippen molar-refractivity contribution in [2.45, 2.75) is 25.4 Å². The van der Waals surface area contributed by atoms with Gasteiger partial charge in [0, 0.05) is 17.6 Å². The van der Waals surface area contributed by atoms with Gasteiger partial charge in [0.15, 0.2) is 0 Å². The number of amides is 1. The molecule has 86 valence electrons. The van der Waals surface area contributed by atoms with Crippen molar-refractivity contribution in [3.05, 3.63) is 35.6 Å². The number of halogens is 1. The predicted molar refractivity (Wildman–Crippen MR) is 59.4 cm³/mol. The van der Waals surface area contributed by atoms with Gasteiger partial charge in [0.05, 0.1) is 0 Å². The highest BCUT2D eigenvalue weighted by Crippen LogP contribution is 2.21. The smallest absolute Gasteiger partial charge is 0.242 e. The topological polar surface area (TPSA) is 41.1 Å². The van der Waals surface area contributed by atoms with Crippen molar-refractivity contribution < 1.29 is 9.18 Å². The van der Waals surface area contributed by atoms with Gasteiger partial charge in [-0.1, -0.05) is 18.2 Å². The molecule has 1 aromatic rings. The minimum absolute atomic E-state index is 0.179. The average Bonchev–Trinajstić information content (AvgIpc) is 2.18. The number of piperazine rings is 1. The monoisotopic (exact) mass is 222 g/mol. The van der Waals surface area contributed by atoms with Crippen molar-refractivity contribution in [1.82, 2.24) is 10.6 Å². The third kappa shape index (κ3) is 2.07. The lowest BCUT2D eigenvalue weighted by Gasteiger charge is -2.36. The molecule has 0 radical (unpaired) electrons. The van der Waals surface area contributed by atoms with E-state index in [1.54, 1.807) is 18.2 Å². The van der Waals surface area contributed by atoms with E-state index in [4.69, 9.17) is 0 Å². The molecule has 3 nitrogen and oxygen atoms in total. The summed E-state index contributed by atoms with van der Waals surface area (Å²) in [5.41, 5.74) is 0.120. The summed E-state index contributed by atoms with van der Waals surface area (Å²) in [4.78, 5) is 11.8. The van der Waals surface area contributed by atoms with Crippen LogP contribution in [0.1, 0.15) is 25.5 Å². The summed E-state index contributed by atoms with van der Waals surface area (Å²) >= 11 is 0. The van der Waals surface area contributed by atoms with E-state index in [-0.39, 0.29) is 17.3 Å². The molecule has 1 heterocycles. The second-order valence-electron chi connectivity index (χ2n) is 4.71. The Labute approximate surface area is 94.0 Å². The lowest BCUT2D eigenvalue weighted by molar-refractivity contribution is -0.127. The molecule has 1 aromatic carbocycles. The van der Waals surface area contributed by atoms with Crippen LogP contribution in [0.2, 0.25) is 0 Å². The molecule has 0 aromatic heterocycles. The van der Waals surface area contributed by atoms with E-state index in [1.807, 2.05) is 13.8 Å². The summed E-state index contributed by atoms with van der Waals surface area (Å²) in [7, 11) is 0. The molecule has 1 amide bonds. The van der Waals surface area contributed by atoms with E-state index in [2.05, 4.69) is 10.6 Å². The van der Waals surface area contributed by atoms with Gasteiger partial charge in [0.2, 0.25) is 5.91 Å². The number of rotatable bonds is 1. The summed E-state index contributed by atoms with van der Waals surface area (Å²) in [6, 6.07) is 5.75. The maximum Gasteiger partial charge on any atom is 0.242 e. The van der Waals surface area contributed by atoms with Crippen LogP contribution in [0.15, 0.2) is 24.3 Å². The number of hydrogen-bond acceptors (Lipinski definition) is 2. The average molecular weight is 222 g/mol. The Kier molecular flexibility index (Phi) is 2.68. The SMILES string of the molecule is CC1(C)CNC(c2ccccc2F)C(=O)N1. The molecule has 4 heteroatoms. The van der Waals surface area contributed by atoms with Gasteiger partial charge in [-0.2, -0.15) is 0 Å². The minimum Gasteiger partial charge on any atom is -0.348 e. The molecule has 16 heavy (non-hydrogen) atoms. The van der Waals surface area contributed by atoms with E-state index >= 15 is 0 Å². The van der Waals surface area contributed by atoms with Crippen molar-refractivity contribution in [3.63, 3.8) is 0 Å². The zero-order chi connectivity index (χ0) is 11.8. The Bertz CT molecular complexity index is 417. The third-order valence-electron chi connectivity index (χ3n) is 2.69. The lowest BCUT2D eigenvalue weighted by Crippen LogP contribution is -2.59. The fourth-order valence-electron chi connectivity index (χ4n) is 1.86. The Morgan fingerprint density at radius 3 is 2.69 bits per heavy atom. The molecular weight excluding hydrogens is 207 g/mol. The first-order valence-electron chi connectivity index (χ1n) is 5.29. The number of carbonyl (C=O) groups excluding carboxylic acids is 1. The van der Waals surface area contributed by atoms with Crippen molar-refractivity contribution in [3.8, 4) is 0 Å². The Morgan fingerprint density at radius 2 is 2.06 bits per heavy atom.